The summed E-state index contributed by atoms with van der Waals surface area (Å²) in [5.74, 6) is -0.0649. The molecule has 0 heterocycles. The Balaban J connectivity index is 3.06. The van der Waals surface area contributed by atoms with E-state index in [1.54, 1.807) is 0 Å². The minimum atomic E-state index is -0.0649. The molecule has 0 bridgehead atoms. The first-order valence-electron chi connectivity index (χ1n) is 13.0. The summed E-state index contributed by atoms with van der Waals surface area (Å²) >= 11 is 0. The van der Waals surface area contributed by atoms with Crippen LogP contribution >= 0.6 is 0 Å². The topological polar surface area (TPSA) is 187 Å². The van der Waals surface area contributed by atoms with E-state index >= 15 is 0 Å². The highest BCUT2D eigenvalue weighted by atomic mass is 16.6. The molecule has 3 N–H and O–H groups in total. The summed E-state index contributed by atoms with van der Waals surface area (Å²) in [4.78, 5) is 14.0. The summed E-state index contributed by atoms with van der Waals surface area (Å²) in [6.45, 7) is 9.63. The number of rotatable bonds is 32. The van der Waals surface area contributed by atoms with E-state index < -0.39 is 0 Å². The van der Waals surface area contributed by atoms with Crippen LogP contribution in [0.2, 0.25) is 0 Å². The second-order valence-corrected chi connectivity index (χ2v) is 7.35. The average molecular weight is 554 g/mol. The van der Waals surface area contributed by atoms with Gasteiger partial charge < -0.3 is 53.7 Å². The Morgan fingerprint density at radius 3 is 1.21 bits per heavy atom. The molecule has 0 saturated heterocycles. The fraction of sp³-hybridized carbons (Fsp3) is 0.957. The lowest BCUT2D eigenvalue weighted by atomic mass is 10.4. The number of carbonyl (C=O) groups excluding carboxylic acids is 1. The zero-order chi connectivity index (χ0) is 27.6. The summed E-state index contributed by atoms with van der Waals surface area (Å²) < 4.78 is 48.4. The molecule has 15 heteroatoms. The lowest BCUT2D eigenvalue weighted by Crippen LogP contribution is -2.29. The van der Waals surface area contributed by atoms with E-state index in [1.165, 1.54) is 0 Å². The molecule has 0 aliphatic rings. The van der Waals surface area contributed by atoms with Crippen LogP contribution in [0.3, 0.4) is 0 Å². The van der Waals surface area contributed by atoms with E-state index in [0.717, 1.165) is 0 Å². The van der Waals surface area contributed by atoms with Crippen LogP contribution in [0.4, 0.5) is 0 Å². The summed E-state index contributed by atoms with van der Waals surface area (Å²) in [6.07, 6.45) is 0.317. The van der Waals surface area contributed by atoms with Gasteiger partial charge in [-0.15, -0.1) is 0 Å². The summed E-state index contributed by atoms with van der Waals surface area (Å²) in [7, 11) is 0. The molecule has 0 aromatic rings. The van der Waals surface area contributed by atoms with Gasteiger partial charge in [-0.1, -0.05) is 5.11 Å². The van der Waals surface area contributed by atoms with Gasteiger partial charge in [0.05, 0.1) is 119 Å². The quantitative estimate of drug-likeness (QED) is 0.0490. The largest absolute Gasteiger partial charge is 0.379 e. The van der Waals surface area contributed by atoms with Crippen molar-refractivity contribution in [1.29, 1.82) is 0 Å². The van der Waals surface area contributed by atoms with Crippen LogP contribution < -0.4 is 11.1 Å². The van der Waals surface area contributed by atoms with Crippen LogP contribution in [0, 0.1) is 0 Å². The maximum atomic E-state index is 11.3. The highest BCUT2D eigenvalue weighted by molar-refractivity contribution is 5.75. The standard InChI is InChI=1S/C23H47N5O10/c24-2-3-26-23(29)1-5-30-7-9-32-11-13-34-15-17-36-19-21-38-22-20-37-18-16-35-14-12-33-10-8-31-6-4-27-28-25/h1-22,24H2,(H,26,29). The molecule has 38 heavy (non-hydrogen) atoms. The molecule has 0 aromatic carbocycles. The van der Waals surface area contributed by atoms with Gasteiger partial charge in [0.25, 0.3) is 0 Å². The van der Waals surface area contributed by atoms with E-state index in [-0.39, 0.29) is 5.91 Å². The Morgan fingerprint density at radius 2 is 0.895 bits per heavy atom. The average Bonchev–Trinajstić information content (AvgIpc) is 2.93. The van der Waals surface area contributed by atoms with Gasteiger partial charge in [-0.05, 0) is 5.53 Å². The summed E-state index contributed by atoms with van der Waals surface area (Å²) in [5.41, 5.74) is 13.4. The first kappa shape index (κ1) is 36.4. The number of hydrogen-bond donors (Lipinski definition) is 2. The van der Waals surface area contributed by atoms with Gasteiger partial charge in [-0.3, -0.25) is 4.79 Å². The molecule has 0 spiro atoms. The van der Waals surface area contributed by atoms with E-state index in [1.807, 2.05) is 0 Å². The normalized spacial score (nSPS) is 11.0. The third-order valence-electron chi connectivity index (χ3n) is 4.31. The Bertz CT molecular complexity index is 545. The number of amides is 1. The van der Waals surface area contributed by atoms with Crippen LogP contribution in [0.5, 0.6) is 0 Å². The maximum Gasteiger partial charge on any atom is 0.222 e. The fourth-order valence-electron chi connectivity index (χ4n) is 2.48. The minimum Gasteiger partial charge on any atom is -0.379 e. The zero-order valence-corrected chi connectivity index (χ0v) is 22.6. The van der Waals surface area contributed by atoms with Gasteiger partial charge in [0, 0.05) is 31.0 Å². The number of carbonyl (C=O) groups is 1. The first-order chi connectivity index (χ1) is 18.8. The van der Waals surface area contributed by atoms with Crippen molar-refractivity contribution in [1.82, 2.24) is 5.32 Å². The SMILES string of the molecule is [N-]=[N+]=NCCOCCOCCOCCOCCOCCOCCOCCOCCOCCC(=O)NCCN. The molecular weight excluding hydrogens is 506 g/mol. The second kappa shape index (κ2) is 33.4. The van der Waals surface area contributed by atoms with Crippen LogP contribution in [0.1, 0.15) is 6.42 Å². The number of azide groups is 1. The Labute approximate surface area is 225 Å². The van der Waals surface area contributed by atoms with Crippen LogP contribution in [-0.2, 0) is 47.4 Å². The van der Waals surface area contributed by atoms with Gasteiger partial charge in [0.1, 0.15) is 0 Å². The van der Waals surface area contributed by atoms with Crippen molar-refractivity contribution in [2.75, 3.05) is 139 Å². The Hall–Kier alpha value is -1.62. The number of nitrogens with zero attached hydrogens (tertiary/aromatic N) is 3. The van der Waals surface area contributed by atoms with E-state index in [9.17, 15) is 4.79 Å². The molecule has 0 aromatic heterocycles. The lowest BCUT2D eigenvalue weighted by Gasteiger charge is -2.09. The molecule has 0 unspecified atom stereocenters. The molecule has 224 valence electrons. The van der Waals surface area contributed by atoms with E-state index in [2.05, 4.69) is 15.3 Å². The maximum absolute atomic E-state index is 11.3. The smallest absolute Gasteiger partial charge is 0.222 e. The van der Waals surface area contributed by atoms with Gasteiger partial charge in [0.2, 0.25) is 5.91 Å². The van der Waals surface area contributed by atoms with Crippen LogP contribution in [-0.4, -0.2) is 144 Å². The highest BCUT2D eigenvalue weighted by Crippen LogP contribution is 1.87. The van der Waals surface area contributed by atoms with Gasteiger partial charge in [0.15, 0.2) is 0 Å². The highest BCUT2D eigenvalue weighted by Gasteiger charge is 1.99. The summed E-state index contributed by atoms with van der Waals surface area (Å²) in [5, 5.41) is 6.04. The number of ether oxygens (including phenoxy) is 9. The minimum absolute atomic E-state index is 0.0649. The molecule has 0 fully saturated rings. The summed E-state index contributed by atoms with van der Waals surface area (Å²) in [6, 6.07) is 0. The Kier molecular flexibility index (Phi) is 32.0. The molecule has 0 saturated carbocycles. The molecule has 0 radical (unpaired) electrons. The van der Waals surface area contributed by atoms with E-state index in [4.69, 9.17) is 53.9 Å². The number of nitrogens with one attached hydrogen (secondary N) is 1. The van der Waals surface area contributed by atoms with Crippen molar-refractivity contribution in [3.8, 4) is 0 Å². The van der Waals surface area contributed by atoms with Gasteiger partial charge in [-0.2, -0.15) is 0 Å². The first-order valence-corrected chi connectivity index (χ1v) is 13.0. The van der Waals surface area contributed by atoms with Gasteiger partial charge >= 0.3 is 0 Å². The second-order valence-electron chi connectivity index (χ2n) is 7.35. The number of hydrogen-bond acceptors (Lipinski definition) is 12. The molecule has 15 nitrogen and oxygen atoms in total. The molecule has 1 amide bonds. The molecule has 0 aliphatic carbocycles. The molecular formula is C23H47N5O10. The fourth-order valence-corrected chi connectivity index (χ4v) is 2.48. The van der Waals surface area contributed by atoms with Crippen LogP contribution in [0.25, 0.3) is 10.4 Å². The van der Waals surface area contributed by atoms with Gasteiger partial charge in [-0.25, -0.2) is 0 Å². The van der Waals surface area contributed by atoms with Crippen molar-refractivity contribution in [2.24, 2.45) is 10.8 Å². The van der Waals surface area contributed by atoms with Crippen molar-refractivity contribution in [2.45, 2.75) is 6.42 Å². The monoisotopic (exact) mass is 553 g/mol. The zero-order valence-electron chi connectivity index (χ0n) is 22.6. The molecule has 0 atom stereocenters. The third kappa shape index (κ3) is 32.4. The van der Waals surface area contributed by atoms with E-state index in [0.29, 0.717) is 145 Å². The molecule has 0 rings (SSSR count). The Morgan fingerprint density at radius 1 is 0.579 bits per heavy atom. The van der Waals surface area contributed by atoms with Crippen molar-refractivity contribution in [3.05, 3.63) is 10.4 Å². The number of nitrogens with two attached hydrogens (primary N) is 1. The van der Waals surface area contributed by atoms with Crippen molar-refractivity contribution >= 4 is 5.91 Å². The van der Waals surface area contributed by atoms with Crippen molar-refractivity contribution < 1.29 is 47.4 Å². The van der Waals surface area contributed by atoms with Crippen LogP contribution in [0.15, 0.2) is 5.11 Å². The predicted molar refractivity (Wildman–Crippen MR) is 138 cm³/mol. The third-order valence-corrected chi connectivity index (χ3v) is 4.31. The lowest BCUT2D eigenvalue weighted by molar-refractivity contribution is -0.122. The predicted octanol–water partition coefficient (Wildman–Crippen LogP) is -0.0889. The van der Waals surface area contributed by atoms with Crippen molar-refractivity contribution in [3.63, 3.8) is 0 Å². The molecule has 0 aliphatic heterocycles.